The number of fused-ring (bicyclic) bond motifs is 1. The maximum absolute atomic E-state index is 10.7. The number of nitrogens with one attached hydrogen (secondary N) is 1. The van der Waals surface area contributed by atoms with Crippen LogP contribution >= 0.6 is 0 Å². The fourth-order valence-corrected chi connectivity index (χ4v) is 2.84. The zero-order valence-electron chi connectivity index (χ0n) is 11.6. The molecule has 0 radical (unpaired) electrons. The number of nitro benzene ring substituents is 1. The third kappa shape index (κ3) is 2.81. The minimum absolute atomic E-state index is 0.0204. The first-order valence-corrected chi connectivity index (χ1v) is 7.01. The largest absolute Gasteiger partial charge is 0.397 e. The van der Waals surface area contributed by atoms with E-state index >= 15 is 0 Å². The van der Waals surface area contributed by atoms with E-state index in [-0.39, 0.29) is 5.69 Å². The molecule has 5 heteroatoms. The molecular formula is C16H17N3O2. The first-order chi connectivity index (χ1) is 10.1. The van der Waals surface area contributed by atoms with Gasteiger partial charge in [0.25, 0.3) is 5.69 Å². The molecule has 21 heavy (non-hydrogen) atoms. The number of nitrogens with zero attached hydrogens (tertiary/aromatic N) is 1. The van der Waals surface area contributed by atoms with Crippen molar-refractivity contribution in [3.8, 4) is 0 Å². The van der Waals surface area contributed by atoms with E-state index in [0.717, 1.165) is 24.9 Å². The van der Waals surface area contributed by atoms with Crippen LogP contribution in [0.4, 0.5) is 17.1 Å². The van der Waals surface area contributed by atoms with Gasteiger partial charge in [-0.2, -0.15) is 0 Å². The van der Waals surface area contributed by atoms with Crippen LogP contribution in [-0.2, 0) is 12.8 Å². The summed E-state index contributed by atoms with van der Waals surface area (Å²) in [5.74, 6) is 0. The molecule has 0 saturated heterocycles. The van der Waals surface area contributed by atoms with Crippen LogP contribution in [0.2, 0.25) is 0 Å². The average molecular weight is 283 g/mol. The number of rotatable bonds is 3. The van der Waals surface area contributed by atoms with Gasteiger partial charge in [0.1, 0.15) is 0 Å². The smallest absolute Gasteiger partial charge is 0.271 e. The van der Waals surface area contributed by atoms with Crippen molar-refractivity contribution in [3.63, 3.8) is 0 Å². The summed E-state index contributed by atoms with van der Waals surface area (Å²) in [5, 5.41) is 14.1. The average Bonchev–Trinajstić information content (AvgIpc) is 2.49. The number of hydrogen-bond donors (Lipinski definition) is 2. The molecule has 1 unspecified atom stereocenters. The van der Waals surface area contributed by atoms with Gasteiger partial charge in [-0.05, 0) is 36.5 Å². The van der Waals surface area contributed by atoms with Gasteiger partial charge in [0.05, 0.1) is 16.3 Å². The van der Waals surface area contributed by atoms with Crippen molar-refractivity contribution >= 4 is 17.1 Å². The van der Waals surface area contributed by atoms with Crippen molar-refractivity contribution in [2.75, 3.05) is 11.1 Å². The summed E-state index contributed by atoms with van der Waals surface area (Å²) in [7, 11) is 0. The predicted octanol–water partition coefficient (Wildman–Crippen LogP) is 3.15. The molecule has 1 atom stereocenters. The monoisotopic (exact) mass is 283 g/mol. The Kier molecular flexibility index (Phi) is 3.48. The molecular weight excluding hydrogens is 266 g/mol. The quantitative estimate of drug-likeness (QED) is 0.515. The molecule has 3 rings (SSSR count). The van der Waals surface area contributed by atoms with E-state index in [0.29, 0.717) is 11.7 Å². The predicted molar refractivity (Wildman–Crippen MR) is 83.4 cm³/mol. The highest BCUT2D eigenvalue weighted by molar-refractivity contribution is 5.69. The first kappa shape index (κ1) is 13.4. The van der Waals surface area contributed by atoms with Gasteiger partial charge < -0.3 is 11.1 Å². The van der Waals surface area contributed by atoms with Crippen LogP contribution < -0.4 is 11.1 Å². The zero-order chi connectivity index (χ0) is 14.8. The second-order valence-electron chi connectivity index (χ2n) is 5.38. The Balaban J connectivity index is 1.75. The lowest BCUT2D eigenvalue weighted by atomic mass is 9.88. The highest BCUT2D eigenvalue weighted by Gasteiger charge is 2.19. The molecule has 0 fully saturated rings. The number of nitro groups is 1. The van der Waals surface area contributed by atoms with Gasteiger partial charge in [0.2, 0.25) is 0 Å². The SMILES string of the molecule is Nc1cc([N+](=O)[O-])ccc1NC1CCc2ccccc2C1. The van der Waals surface area contributed by atoms with Gasteiger partial charge in [-0.25, -0.2) is 0 Å². The van der Waals surface area contributed by atoms with E-state index in [4.69, 9.17) is 5.73 Å². The summed E-state index contributed by atoms with van der Waals surface area (Å²) in [6, 6.07) is 13.3. The number of hydrogen-bond acceptors (Lipinski definition) is 4. The fraction of sp³-hybridized carbons (Fsp3) is 0.250. The van der Waals surface area contributed by atoms with Crippen molar-refractivity contribution in [1.82, 2.24) is 0 Å². The zero-order valence-corrected chi connectivity index (χ0v) is 11.6. The molecule has 0 heterocycles. The molecule has 0 aliphatic heterocycles. The van der Waals surface area contributed by atoms with E-state index in [1.54, 1.807) is 6.07 Å². The van der Waals surface area contributed by atoms with Crippen LogP contribution in [0.1, 0.15) is 17.5 Å². The molecule has 0 saturated carbocycles. The van der Waals surface area contributed by atoms with Crippen molar-refractivity contribution in [2.24, 2.45) is 0 Å². The molecule has 2 aromatic carbocycles. The van der Waals surface area contributed by atoms with E-state index in [2.05, 4.69) is 29.6 Å². The van der Waals surface area contributed by atoms with Crippen LogP contribution in [0.25, 0.3) is 0 Å². The molecule has 108 valence electrons. The van der Waals surface area contributed by atoms with Crippen LogP contribution in [0.5, 0.6) is 0 Å². The first-order valence-electron chi connectivity index (χ1n) is 7.01. The Morgan fingerprint density at radius 3 is 2.67 bits per heavy atom. The molecule has 1 aliphatic carbocycles. The lowest BCUT2D eigenvalue weighted by molar-refractivity contribution is -0.384. The summed E-state index contributed by atoms with van der Waals surface area (Å²) >= 11 is 0. The second kappa shape index (κ2) is 5.44. The highest BCUT2D eigenvalue weighted by Crippen LogP contribution is 2.28. The van der Waals surface area contributed by atoms with Gasteiger partial charge in [0.15, 0.2) is 0 Å². The second-order valence-corrected chi connectivity index (χ2v) is 5.38. The van der Waals surface area contributed by atoms with Gasteiger partial charge in [-0.15, -0.1) is 0 Å². The lowest BCUT2D eigenvalue weighted by Crippen LogP contribution is -2.27. The Morgan fingerprint density at radius 1 is 1.19 bits per heavy atom. The Morgan fingerprint density at radius 2 is 1.95 bits per heavy atom. The number of nitrogens with two attached hydrogens (primary N) is 1. The molecule has 0 spiro atoms. The maximum Gasteiger partial charge on any atom is 0.271 e. The van der Waals surface area contributed by atoms with E-state index in [1.807, 2.05) is 0 Å². The van der Waals surface area contributed by atoms with E-state index in [9.17, 15) is 10.1 Å². The van der Waals surface area contributed by atoms with Crippen LogP contribution in [0.15, 0.2) is 42.5 Å². The number of non-ortho nitro benzene ring substituents is 1. The molecule has 0 aromatic heterocycles. The van der Waals surface area contributed by atoms with Gasteiger partial charge in [0, 0.05) is 18.2 Å². The summed E-state index contributed by atoms with van der Waals surface area (Å²) in [4.78, 5) is 10.3. The number of nitrogen functional groups attached to an aromatic ring is 1. The van der Waals surface area contributed by atoms with Crippen LogP contribution in [0, 0.1) is 10.1 Å². The Labute approximate surface area is 122 Å². The topological polar surface area (TPSA) is 81.2 Å². The summed E-state index contributed by atoms with van der Waals surface area (Å²) in [6.07, 6.45) is 3.03. The number of aryl methyl sites for hydroxylation is 1. The molecule has 1 aliphatic rings. The highest BCUT2D eigenvalue weighted by atomic mass is 16.6. The fourth-order valence-electron chi connectivity index (χ4n) is 2.84. The number of anilines is 2. The van der Waals surface area contributed by atoms with E-state index in [1.165, 1.54) is 23.3 Å². The number of benzene rings is 2. The van der Waals surface area contributed by atoms with Crippen molar-refractivity contribution in [3.05, 3.63) is 63.7 Å². The summed E-state index contributed by atoms with van der Waals surface area (Å²) < 4.78 is 0. The maximum atomic E-state index is 10.7. The molecule has 0 amide bonds. The minimum Gasteiger partial charge on any atom is -0.397 e. The van der Waals surface area contributed by atoms with Gasteiger partial charge in [-0.1, -0.05) is 24.3 Å². The molecule has 3 N–H and O–H groups in total. The molecule has 2 aromatic rings. The van der Waals surface area contributed by atoms with Crippen LogP contribution in [-0.4, -0.2) is 11.0 Å². The van der Waals surface area contributed by atoms with Gasteiger partial charge in [-0.3, -0.25) is 10.1 Å². The molecule has 0 bridgehead atoms. The third-order valence-corrected chi connectivity index (χ3v) is 3.95. The minimum atomic E-state index is -0.434. The molecule has 5 nitrogen and oxygen atoms in total. The van der Waals surface area contributed by atoms with E-state index < -0.39 is 4.92 Å². The Hall–Kier alpha value is -2.56. The Bertz CT molecular complexity index is 685. The van der Waals surface area contributed by atoms with Crippen molar-refractivity contribution in [1.29, 1.82) is 0 Å². The van der Waals surface area contributed by atoms with Crippen molar-refractivity contribution < 1.29 is 4.92 Å². The standard InChI is InChI=1S/C16H17N3O2/c17-15-10-14(19(20)21)7-8-16(15)18-13-6-5-11-3-1-2-4-12(11)9-13/h1-4,7-8,10,13,18H,5-6,9,17H2. The third-order valence-electron chi connectivity index (χ3n) is 3.95. The van der Waals surface area contributed by atoms with Crippen LogP contribution in [0.3, 0.4) is 0 Å². The van der Waals surface area contributed by atoms with Gasteiger partial charge >= 0.3 is 0 Å². The van der Waals surface area contributed by atoms with Crippen molar-refractivity contribution in [2.45, 2.75) is 25.3 Å². The summed E-state index contributed by atoms with van der Waals surface area (Å²) in [5.41, 5.74) is 9.88. The summed E-state index contributed by atoms with van der Waals surface area (Å²) in [6.45, 7) is 0. The lowest BCUT2D eigenvalue weighted by Gasteiger charge is -2.26. The normalized spacial score (nSPS) is 17.0.